The highest BCUT2D eigenvalue weighted by atomic mass is 16.5. The molecule has 1 heterocycles. The molecule has 0 aliphatic heterocycles. The Hall–Kier alpha value is -1.85. The Morgan fingerprint density at radius 3 is 2.60 bits per heavy atom. The van der Waals surface area contributed by atoms with E-state index in [9.17, 15) is 9.59 Å². The second kappa shape index (κ2) is 7.67. The van der Waals surface area contributed by atoms with Gasteiger partial charge in [-0.25, -0.2) is 0 Å². The summed E-state index contributed by atoms with van der Waals surface area (Å²) >= 11 is 0. The number of carboxylic acid groups (broad SMARTS) is 1. The molecule has 2 N–H and O–H groups in total. The first-order valence-corrected chi connectivity index (χ1v) is 6.97. The van der Waals surface area contributed by atoms with Gasteiger partial charge in [0.05, 0.1) is 5.69 Å². The number of carboxylic acids is 1. The Labute approximate surface area is 118 Å². The van der Waals surface area contributed by atoms with Crippen molar-refractivity contribution in [3.8, 4) is 0 Å². The largest absolute Gasteiger partial charge is 0.481 e. The Balaban J connectivity index is 2.57. The molecule has 1 rings (SSSR count). The van der Waals surface area contributed by atoms with Crippen molar-refractivity contribution in [2.45, 2.75) is 58.4 Å². The van der Waals surface area contributed by atoms with E-state index in [-0.39, 0.29) is 24.1 Å². The number of aromatic nitrogens is 1. The van der Waals surface area contributed by atoms with Gasteiger partial charge in [0.2, 0.25) is 5.76 Å². The molecule has 1 aromatic heterocycles. The monoisotopic (exact) mass is 282 g/mol. The van der Waals surface area contributed by atoms with Crippen LogP contribution in [-0.2, 0) is 4.79 Å². The fraction of sp³-hybridized carbons (Fsp3) is 0.643. The third-order valence-corrected chi connectivity index (χ3v) is 3.32. The van der Waals surface area contributed by atoms with Crippen LogP contribution in [0.2, 0.25) is 0 Å². The molecule has 1 unspecified atom stereocenters. The van der Waals surface area contributed by atoms with E-state index in [1.54, 1.807) is 13.0 Å². The standard InChI is InChI=1S/C14H22N2O4/c1-4-10(5-2)11-8-12(20-16-11)14(19)15-9(3)6-7-13(17)18/h8-10H,4-7H2,1-3H3,(H,15,19)(H,17,18). The van der Waals surface area contributed by atoms with E-state index in [1.807, 2.05) is 0 Å². The molecule has 6 nitrogen and oxygen atoms in total. The molecule has 0 saturated heterocycles. The van der Waals surface area contributed by atoms with Crippen LogP contribution >= 0.6 is 0 Å². The van der Waals surface area contributed by atoms with Crippen LogP contribution in [0.1, 0.15) is 68.6 Å². The molecule has 1 aromatic rings. The maximum absolute atomic E-state index is 11.9. The van der Waals surface area contributed by atoms with Crippen LogP contribution in [-0.4, -0.2) is 28.2 Å². The van der Waals surface area contributed by atoms with Crippen LogP contribution in [0.25, 0.3) is 0 Å². The van der Waals surface area contributed by atoms with E-state index in [0.717, 1.165) is 18.5 Å². The highest BCUT2D eigenvalue weighted by Gasteiger charge is 2.18. The summed E-state index contributed by atoms with van der Waals surface area (Å²) in [7, 11) is 0. The third kappa shape index (κ3) is 4.68. The minimum absolute atomic E-state index is 0.0246. The molecule has 0 fully saturated rings. The van der Waals surface area contributed by atoms with Gasteiger partial charge in [0.15, 0.2) is 0 Å². The number of aliphatic carboxylic acids is 1. The fourth-order valence-electron chi connectivity index (χ4n) is 2.00. The second-order valence-electron chi connectivity index (χ2n) is 4.94. The summed E-state index contributed by atoms with van der Waals surface area (Å²) < 4.78 is 5.06. The normalized spacial score (nSPS) is 12.4. The summed E-state index contributed by atoms with van der Waals surface area (Å²) in [5, 5.41) is 15.2. The van der Waals surface area contributed by atoms with E-state index >= 15 is 0 Å². The molecule has 0 bridgehead atoms. The van der Waals surface area contributed by atoms with Gasteiger partial charge < -0.3 is 14.9 Å². The zero-order valence-electron chi connectivity index (χ0n) is 12.2. The topological polar surface area (TPSA) is 92.4 Å². The van der Waals surface area contributed by atoms with Crippen LogP contribution < -0.4 is 5.32 Å². The van der Waals surface area contributed by atoms with Crippen molar-refractivity contribution < 1.29 is 19.2 Å². The SMILES string of the molecule is CCC(CC)c1cc(C(=O)NC(C)CCC(=O)O)on1. The number of hydrogen-bond acceptors (Lipinski definition) is 4. The van der Waals surface area contributed by atoms with Gasteiger partial charge in [-0.15, -0.1) is 0 Å². The lowest BCUT2D eigenvalue weighted by molar-refractivity contribution is -0.137. The van der Waals surface area contributed by atoms with Gasteiger partial charge in [0.25, 0.3) is 5.91 Å². The number of hydrogen-bond donors (Lipinski definition) is 2. The average molecular weight is 282 g/mol. The number of nitrogens with one attached hydrogen (secondary N) is 1. The van der Waals surface area contributed by atoms with E-state index in [2.05, 4.69) is 24.3 Å². The summed E-state index contributed by atoms with van der Waals surface area (Å²) in [5.41, 5.74) is 0.790. The fourth-order valence-corrected chi connectivity index (χ4v) is 2.00. The molecular weight excluding hydrogens is 260 g/mol. The molecule has 0 aromatic carbocycles. The number of rotatable bonds is 8. The van der Waals surface area contributed by atoms with Crippen LogP contribution in [0.5, 0.6) is 0 Å². The second-order valence-corrected chi connectivity index (χ2v) is 4.94. The van der Waals surface area contributed by atoms with Crippen molar-refractivity contribution in [1.29, 1.82) is 0 Å². The molecule has 6 heteroatoms. The summed E-state index contributed by atoms with van der Waals surface area (Å²) in [5.74, 6) is -0.756. The first kappa shape index (κ1) is 16.2. The Bertz CT molecular complexity index is 452. The summed E-state index contributed by atoms with van der Waals surface area (Å²) in [6.45, 7) is 5.89. The van der Waals surface area contributed by atoms with Crippen molar-refractivity contribution in [1.82, 2.24) is 10.5 Å². The van der Waals surface area contributed by atoms with Crippen LogP contribution in [0.15, 0.2) is 10.6 Å². The molecule has 0 radical (unpaired) electrons. The molecule has 0 spiro atoms. The van der Waals surface area contributed by atoms with Crippen LogP contribution in [0, 0.1) is 0 Å². The first-order valence-electron chi connectivity index (χ1n) is 6.97. The minimum atomic E-state index is -0.873. The molecule has 20 heavy (non-hydrogen) atoms. The van der Waals surface area contributed by atoms with Gasteiger partial charge in [-0.2, -0.15) is 0 Å². The van der Waals surface area contributed by atoms with Crippen molar-refractivity contribution in [3.63, 3.8) is 0 Å². The van der Waals surface area contributed by atoms with Crippen LogP contribution in [0.4, 0.5) is 0 Å². The highest BCUT2D eigenvalue weighted by molar-refractivity contribution is 5.91. The molecule has 112 valence electrons. The van der Waals surface area contributed by atoms with Crippen molar-refractivity contribution in [3.05, 3.63) is 17.5 Å². The summed E-state index contributed by atoms with van der Waals surface area (Å²) in [6.07, 6.45) is 2.30. The van der Waals surface area contributed by atoms with Crippen LogP contribution in [0.3, 0.4) is 0 Å². The lowest BCUT2D eigenvalue weighted by Gasteiger charge is -2.10. The number of nitrogens with zero attached hydrogens (tertiary/aromatic N) is 1. The predicted molar refractivity (Wildman–Crippen MR) is 73.6 cm³/mol. The van der Waals surface area contributed by atoms with Crippen molar-refractivity contribution in [2.24, 2.45) is 0 Å². The van der Waals surface area contributed by atoms with E-state index < -0.39 is 5.97 Å². The lowest BCUT2D eigenvalue weighted by Crippen LogP contribution is -2.32. The average Bonchev–Trinajstić information content (AvgIpc) is 2.87. The van der Waals surface area contributed by atoms with E-state index in [0.29, 0.717) is 12.3 Å². The third-order valence-electron chi connectivity index (χ3n) is 3.32. The van der Waals surface area contributed by atoms with E-state index in [4.69, 9.17) is 9.63 Å². The summed E-state index contributed by atoms with van der Waals surface area (Å²) in [4.78, 5) is 22.4. The van der Waals surface area contributed by atoms with Crippen molar-refractivity contribution >= 4 is 11.9 Å². The van der Waals surface area contributed by atoms with Gasteiger partial charge in [-0.3, -0.25) is 9.59 Å². The van der Waals surface area contributed by atoms with Gasteiger partial charge in [-0.1, -0.05) is 19.0 Å². The molecule has 1 atom stereocenters. The van der Waals surface area contributed by atoms with Gasteiger partial charge >= 0.3 is 5.97 Å². The molecule has 1 amide bonds. The maximum Gasteiger partial charge on any atom is 0.303 e. The predicted octanol–water partition coefficient (Wildman–Crippen LogP) is 2.56. The zero-order chi connectivity index (χ0) is 15.1. The number of carbonyl (C=O) groups is 2. The Morgan fingerprint density at radius 2 is 2.05 bits per heavy atom. The number of amides is 1. The highest BCUT2D eigenvalue weighted by Crippen LogP contribution is 2.22. The van der Waals surface area contributed by atoms with Gasteiger partial charge in [-0.05, 0) is 26.2 Å². The smallest absolute Gasteiger partial charge is 0.303 e. The molecule has 0 aliphatic rings. The summed E-state index contributed by atoms with van der Waals surface area (Å²) in [6, 6.07) is 1.44. The lowest BCUT2D eigenvalue weighted by atomic mass is 9.99. The van der Waals surface area contributed by atoms with Crippen molar-refractivity contribution in [2.75, 3.05) is 0 Å². The van der Waals surface area contributed by atoms with Gasteiger partial charge in [0, 0.05) is 24.4 Å². The molecule has 0 saturated carbocycles. The van der Waals surface area contributed by atoms with Gasteiger partial charge in [0.1, 0.15) is 0 Å². The number of carbonyl (C=O) groups excluding carboxylic acids is 1. The molecular formula is C14H22N2O4. The first-order chi connectivity index (χ1) is 9.47. The zero-order valence-corrected chi connectivity index (χ0v) is 12.2. The Morgan fingerprint density at radius 1 is 1.40 bits per heavy atom. The Kier molecular flexibility index (Phi) is 6.21. The molecule has 0 aliphatic carbocycles. The van der Waals surface area contributed by atoms with E-state index in [1.165, 1.54) is 0 Å². The quantitative estimate of drug-likeness (QED) is 0.764. The minimum Gasteiger partial charge on any atom is -0.481 e. The maximum atomic E-state index is 11.9.